The molecule has 0 saturated heterocycles. The number of para-hydroxylation sites is 3. The summed E-state index contributed by atoms with van der Waals surface area (Å²) in [5, 5.41) is 3.65. The standard InChI is InChI=1S/C22H24N2O/c1-24(21-15-9-10-16-22(21)25-2)17-20(18-11-5-3-6-12-18)23-19-13-7-4-8-14-19/h3-16,20,23H,17H2,1-2H3. The van der Waals surface area contributed by atoms with E-state index in [1.54, 1.807) is 7.11 Å². The van der Waals surface area contributed by atoms with Crippen molar-refractivity contribution in [3.05, 3.63) is 90.5 Å². The topological polar surface area (TPSA) is 24.5 Å². The molecule has 0 fully saturated rings. The number of ether oxygens (including phenoxy) is 1. The van der Waals surface area contributed by atoms with Gasteiger partial charge in [-0.15, -0.1) is 0 Å². The summed E-state index contributed by atoms with van der Waals surface area (Å²) in [4.78, 5) is 2.23. The summed E-state index contributed by atoms with van der Waals surface area (Å²) in [6, 6.07) is 29.1. The highest BCUT2D eigenvalue weighted by molar-refractivity contribution is 5.58. The second-order valence-electron chi connectivity index (χ2n) is 6.03. The minimum atomic E-state index is 0.165. The highest BCUT2D eigenvalue weighted by atomic mass is 16.5. The lowest BCUT2D eigenvalue weighted by atomic mass is 10.1. The number of benzene rings is 3. The molecule has 0 saturated carbocycles. The fraction of sp³-hybridized carbons (Fsp3) is 0.182. The summed E-state index contributed by atoms with van der Waals surface area (Å²) in [7, 11) is 3.81. The first-order valence-electron chi connectivity index (χ1n) is 8.48. The van der Waals surface area contributed by atoms with Crippen molar-refractivity contribution in [3.63, 3.8) is 0 Å². The molecule has 3 rings (SSSR count). The van der Waals surface area contributed by atoms with Gasteiger partial charge < -0.3 is 15.0 Å². The van der Waals surface area contributed by atoms with E-state index in [1.165, 1.54) is 5.56 Å². The van der Waals surface area contributed by atoms with E-state index >= 15 is 0 Å². The minimum absolute atomic E-state index is 0.165. The molecule has 0 spiro atoms. The maximum absolute atomic E-state index is 5.51. The van der Waals surface area contributed by atoms with Crippen LogP contribution in [-0.2, 0) is 0 Å². The van der Waals surface area contributed by atoms with Gasteiger partial charge in [0, 0.05) is 19.3 Å². The van der Waals surface area contributed by atoms with E-state index in [2.05, 4.69) is 59.7 Å². The summed E-state index contributed by atoms with van der Waals surface area (Å²) < 4.78 is 5.51. The van der Waals surface area contributed by atoms with Crippen molar-refractivity contribution in [2.75, 3.05) is 30.9 Å². The number of nitrogens with one attached hydrogen (secondary N) is 1. The van der Waals surface area contributed by atoms with Crippen LogP contribution in [0.4, 0.5) is 11.4 Å². The number of rotatable bonds is 7. The molecule has 1 unspecified atom stereocenters. The molecule has 3 heteroatoms. The smallest absolute Gasteiger partial charge is 0.142 e. The number of likely N-dealkylation sites (N-methyl/N-ethyl adjacent to an activating group) is 1. The summed E-state index contributed by atoms with van der Waals surface area (Å²) in [6.07, 6.45) is 0. The summed E-state index contributed by atoms with van der Waals surface area (Å²) in [5.41, 5.74) is 3.46. The third-order valence-corrected chi connectivity index (χ3v) is 4.27. The number of anilines is 2. The van der Waals surface area contributed by atoms with Crippen LogP contribution < -0.4 is 15.0 Å². The van der Waals surface area contributed by atoms with E-state index in [4.69, 9.17) is 4.74 Å². The number of methoxy groups -OCH3 is 1. The first kappa shape index (κ1) is 16.9. The second-order valence-corrected chi connectivity index (χ2v) is 6.03. The van der Waals surface area contributed by atoms with E-state index < -0.39 is 0 Å². The molecule has 0 radical (unpaired) electrons. The van der Waals surface area contributed by atoms with Gasteiger partial charge in [-0.3, -0.25) is 0 Å². The van der Waals surface area contributed by atoms with Crippen LogP contribution in [-0.4, -0.2) is 20.7 Å². The average molecular weight is 332 g/mol. The lowest BCUT2D eigenvalue weighted by Gasteiger charge is -2.28. The Morgan fingerprint density at radius 3 is 2.12 bits per heavy atom. The predicted molar refractivity (Wildman–Crippen MR) is 106 cm³/mol. The SMILES string of the molecule is COc1ccccc1N(C)CC(Nc1ccccc1)c1ccccc1. The Bertz CT molecular complexity index is 774. The summed E-state index contributed by atoms with van der Waals surface area (Å²) in [5.74, 6) is 0.886. The van der Waals surface area contributed by atoms with Gasteiger partial charge >= 0.3 is 0 Å². The van der Waals surface area contributed by atoms with Gasteiger partial charge in [0.1, 0.15) is 5.75 Å². The van der Waals surface area contributed by atoms with Crippen LogP contribution in [0.1, 0.15) is 11.6 Å². The molecule has 128 valence electrons. The average Bonchev–Trinajstić information content (AvgIpc) is 2.69. The zero-order valence-electron chi connectivity index (χ0n) is 14.7. The van der Waals surface area contributed by atoms with Gasteiger partial charge in [0.25, 0.3) is 0 Å². The Morgan fingerprint density at radius 2 is 1.44 bits per heavy atom. The van der Waals surface area contributed by atoms with Crippen LogP contribution in [0, 0.1) is 0 Å². The molecule has 0 aliphatic heterocycles. The Morgan fingerprint density at radius 1 is 0.840 bits per heavy atom. The van der Waals surface area contributed by atoms with Gasteiger partial charge in [0.2, 0.25) is 0 Å². The van der Waals surface area contributed by atoms with E-state index in [0.717, 1.165) is 23.7 Å². The summed E-state index contributed by atoms with van der Waals surface area (Å²) >= 11 is 0. The molecule has 0 aromatic heterocycles. The normalized spacial score (nSPS) is 11.6. The Balaban J connectivity index is 1.84. The van der Waals surface area contributed by atoms with Gasteiger partial charge in [-0.2, -0.15) is 0 Å². The molecule has 0 bridgehead atoms. The molecule has 1 N–H and O–H groups in total. The van der Waals surface area contributed by atoms with Crippen LogP contribution in [0.3, 0.4) is 0 Å². The van der Waals surface area contributed by atoms with Crippen molar-refractivity contribution >= 4 is 11.4 Å². The molecule has 0 heterocycles. The van der Waals surface area contributed by atoms with Crippen molar-refractivity contribution < 1.29 is 4.74 Å². The van der Waals surface area contributed by atoms with E-state index in [0.29, 0.717) is 0 Å². The van der Waals surface area contributed by atoms with Gasteiger partial charge in [0.15, 0.2) is 0 Å². The number of nitrogens with zero attached hydrogens (tertiary/aromatic N) is 1. The molecule has 25 heavy (non-hydrogen) atoms. The van der Waals surface area contributed by atoms with E-state index in [1.807, 2.05) is 42.5 Å². The first-order chi connectivity index (χ1) is 12.3. The molecule has 3 nitrogen and oxygen atoms in total. The highest BCUT2D eigenvalue weighted by Crippen LogP contribution is 2.29. The van der Waals surface area contributed by atoms with Gasteiger partial charge in [-0.25, -0.2) is 0 Å². The Labute approximate surface area is 149 Å². The zero-order valence-corrected chi connectivity index (χ0v) is 14.7. The highest BCUT2D eigenvalue weighted by Gasteiger charge is 2.16. The minimum Gasteiger partial charge on any atom is -0.495 e. The maximum Gasteiger partial charge on any atom is 0.142 e. The van der Waals surface area contributed by atoms with Crippen molar-refractivity contribution in [2.45, 2.75) is 6.04 Å². The first-order valence-corrected chi connectivity index (χ1v) is 8.48. The van der Waals surface area contributed by atoms with Crippen LogP contribution in [0.25, 0.3) is 0 Å². The van der Waals surface area contributed by atoms with Crippen molar-refractivity contribution in [1.29, 1.82) is 0 Å². The molecule has 0 aliphatic rings. The molecule has 1 atom stereocenters. The van der Waals surface area contributed by atoms with Crippen LogP contribution in [0.5, 0.6) is 5.75 Å². The molecule has 0 amide bonds. The van der Waals surface area contributed by atoms with Crippen LogP contribution >= 0.6 is 0 Å². The Hall–Kier alpha value is -2.94. The second kappa shape index (κ2) is 8.25. The third kappa shape index (κ3) is 4.32. The van der Waals surface area contributed by atoms with E-state index in [9.17, 15) is 0 Å². The largest absolute Gasteiger partial charge is 0.495 e. The maximum atomic E-state index is 5.51. The number of hydrogen-bond acceptors (Lipinski definition) is 3. The molecular weight excluding hydrogens is 308 g/mol. The van der Waals surface area contributed by atoms with Crippen LogP contribution in [0.15, 0.2) is 84.9 Å². The van der Waals surface area contributed by atoms with Crippen molar-refractivity contribution in [1.82, 2.24) is 0 Å². The zero-order chi connectivity index (χ0) is 17.5. The third-order valence-electron chi connectivity index (χ3n) is 4.27. The molecule has 3 aromatic carbocycles. The van der Waals surface area contributed by atoms with Gasteiger partial charge in [-0.05, 0) is 29.8 Å². The van der Waals surface area contributed by atoms with Crippen molar-refractivity contribution in [3.8, 4) is 5.75 Å². The Kier molecular flexibility index (Phi) is 5.57. The molecular formula is C22H24N2O. The number of hydrogen-bond donors (Lipinski definition) is 1. The monoisotopic (exact) mass is 332 g/mol. The van der Waals surface area contributed by atoms with Crippen molar-refractivity contribution in [2.24, 2.45) is 0 Å². The fourth-order valence-corrected chi connectivity index (χ4v) is 2.97. The molecule has 0 aliphatic carbocycles. The van der Waals surface area contributed by atoms with E-state index in [-0.39, 0.29) is 6.04 Å². The van der Waals surface area contributed by atoms with Gasteiger partial charge in [-0.1, -0.05) is 60.7 Å². The quantitative estimate of drug-likeness (QED) is 0.660. The lowest BCUT2D eigenvalue weighted by molar-refractivity contribution is 0.414. The fourth-order valence-electron chi connectivity index (χ4n) is 2.97. The van der Waals surface area contributed by atoms with Gasteiger partial charge in [0.05, 0.1) is 18.8 Å². The lowest BCUT2D eigenvalue weighted by Crippen LogP contribution is -2.28. The van der Waals surface area contributed by atoms with Crippen LogP contribution in [0.2, 0.25) is 0 Å². The molecule has 3 aromatic rings. The predicted octanol–water partition coefficient (Wildman–Crippen LogP) is 4.98. The summed E-state index contributed by atoms with van der Waals surface area (Å²) in [6.45, 7) is 0.819.